The minimum absolute atomic E-state index is 0.131. The lowest BCUT2D eigenvalue weighted by atomic mass is 10.0. The molecule has 0 N–H and O–H groups in total. The molecule has 1 heterocycles. The van der Waals surface area contributed by atoms with E-state index in [2.05, 4.69) is 0 Å². The summed E-state index contributed by atoms with van der Waals surface area (Å²) in [5.74, 6) is 0.131. The van der Waals surface area contributed by atoms with Gasteiger partial charge in [0.2, 0.25) is 5.78 Å². The summed E-state index contributed by atoms with van der Waals surface area (Å²) < 4.78 is 0. The number of benzene rings is 1. The van der Waals surface area contributed by atoms with Gasteiger partial charge in [0.25, 0.3) is 0 Å². The Morgan fingerprint density at radius 2 is 1.47 bits per heavy atom. The maximum absolute atomic E-state index is 12.1. The van der Waals surface area contributed by atoms with Gasteiger partial charge in [0.1, 0.15) is 0 Å². The molecule has 2 aromatic rings. The molecule has 0 atom stereocenters. The molecule has 1 aromatic carbocycles. The number of carbonyl (C=O) groups is 1. The van der Waals surface area contributed by atoms with Crippen LogP contribution in [-0.2, 0) is 0 Å². The topological polar surface area (TPSA) is 17.1 Å². The molecule has 0 bridgehead atoms. The molecule has 0 aliphatic rings. The van der Waals surface area contributed by atoms with Gasteiger partial charge in [0.15, 0.2) is 0 Å². The third-order valence-corrected chi connectivity index (χ3v) is 3.35. The number of hydrogen-bond acceptors (Lipinski definition) is 2. The number of thiophene rings is 1. The molecule has 1 aromatic heterocycles. The van der Waals surface area contributed by atoms with Gasteiger partial charge in [0.05, 0.1) is 4.88 Å². The van der Waals surface area contributed by atoms with Crippen LogP contribution in [0.4, 0.5) is 0 Å². The lowest BCUT2D eigenvalue weighted by molar-refractivity contribution is 0.104. The van der Waals surface area contributed by atoms with Crippen molar-refractivity contribution in [1.29, 1.82) is 0 Å². The van der Waals surface area contributed by atoms with Crippen molar-refractivity contribution < 1.29 is 4.79 Å². The van der Waals surface area contributed by atoms with Crippen molar-refractivity contribution in [2.24, 2.45) is 0 Å². The first-order valence-corrected chi connectivity index (χ1v) is 7.67. The molecule has 0 spiro atoms. The monoisotopic (exact) mass is 276 g/mol. The Kier molecular flexibility index (Phi) is 8.81. The number of rotatable bonds is 2. The maximum Gasteiger partial charge on any atom is 0.203 e. The molecule has 0 saturated carbocycles. The number of carbonyl (C=O) groups excluding carboxylic acids is 1. The molecular formula is C17H24OS. The van der Waals surface area contributed by atoms with E-state index in [1.54, 1.807) is 11.3 Å². The first-order valence-electron chi connectivity index (χ1n) is 6.85. The Hall–Kier alpha value is -1.41. The summed E-state index contributed by atoms with van der Waals surface area (Å²) in [6.07, 6.45) is 0. The normalized spacial score (nSPS) is 8.74. The Morgan fingerprint density at radius 3 is 1.95 bits per heavy atom. The summed E-state index contributed by atoms with van der Waals surface area (Å²) in [6, 6.07) is 11.6. The molecule has 0 amide bonds. The van der Waals surface area contributed by atoms with Crippen molar-refractivity contribution in [2.75, 3.05) is 0 Å². The quantitative estimate of drug-likeness (QED) is 0.648. The van der Waals surface area contributed by atoms with E-state index in [0.717, 1.165) is 16.0 Å². The van der Waals surface area contributed by atoms with Gasteiger partial charge in [-0.2, -0.15) is 0 Å². The zero-order valence-corrected chi connectivity index (χ0v) is 13.6. The van der Waals surface area contributed by atoms with Crippen LogP contribution in [0.1, 0.15) is 53.4 Å². The third-order valence-electron chi connectivity index (χ3n) is 2.35. The standard InChI is InChI=1S/C13H12OS.2C2H6/c1-9-5-3-4-6-11(9)13(14)12-8-7-10(2)15-12;2*1-2/h3-8H,1-2H3;2*1-2H3. The Labute approximate surface area is 121 Å². The van der Waals surface area contributed by atoms with Crippen LogP contribution in [0.3, 0.4) is 0 Å². The summed E-state index contributed by atoms with van der Waals surface area (Å²) in [7, 11) is 0. The summed E-state index contributed by atoms with van der Waals surface area (Å²) in [5.41, 5.74) is 1.84. The second-order valence-electron chi connectivity index (χ2n) is 3.55. The molecule has 0 fully saturated rings. The summed E-state index contributed by atoms with van der Waals surface area (Å²) >= 11 is 1.55. The Bertz CT molecular complexity index is 497. The molecule has 0 unspecified atom stereocenters. The predicted molar refractivity (Wildman–Crippen MR) is 86.4 cm³/mol. The predicted octanol–water partition coefficient (Wildman–Crippen LogP) is 5.65. The molecule has 1 nitrogen and oxygen atoms in total. The molecule has 0 aliphatic carbocycles. The molecule has 2 heteroatoms. The van der Waals surface area contributed by atoms with Crippen LogP contribution in [0.15, 0.2) is 36.4 Å². The molecule has 0 radical (unpaired) electrons. The summed E-state index contributed by atoms with van der Waals surface area (Å²) in [5, 5.41) is 0. The fourth-order valence-corrected chi connectivity index (χ4v) is 2.34. The molecule has 19 heavy (non-hydrogen) atoms. The number of ketones is 1. The van der Waals surface area contributed by atoms with E-state index in [0.29, 0.717) is 0 Å². The van der Waals surface area contributed by atoms with E-state index in [1.165, 1.54) is 4.88 Å². The van der Waals surface area contributed by atoms with Gasteiger partial charge in [-0.05, 0) is 31.5 Å². The fourth-order valence-electron chi connectivity index (χ4n) is 1.52. The van der Waals surface area contributed by atoms with Crippen molar-refractivity contribution in [3.63, 3.8) is 0 Å². The van der Waals surface area contributed by atoms with Gasteiger partial charge in [-0.25, -0.2) is 0 Å². The van der Waals surface area contributed by atoms with Crippen molar-refractivity contribution in [1.82, 2.24) is 0 Å². The third kappa shape index (κ3) is 4.99. The average Bonchev–Trinajstić information content (AvgIpc) is 2.90. The van der Waals surface area contributed by atoms with E-state index >= 15 is 0 Å². The van der Waals surface area contributed by atoms with Gasteiger partial charge in [-0.1, -0.05) is 52.0 Å². The fraction of sp³-hybridized carbons (Fsp3) is 0.353. The van der Waals surface area contributed by atoms with Gasteiger partial charge >= 0.3 is 0 Å². The van der Waals surface area contributed by atoms with Crippen molar-refractivity contribution in [3.05, 3.63) is 57.3 Å². The van der Waals surface area contributed by atoms with Gasteiger partial charge in [-0.15, -0.1) is 11.3 Å². The maximum atomic E-state index is 12.1. The van der Waals surface area contributed by atoms with Crippen LogP contribution in [-0.4, -0.2) is 5.78 Å². The first kappa shape index (κ1) is 17.6. The summed E-state index contributed by atoms with van der Waals surface area (Å²) in [4.78, 5) is 14.1. The van der Waals surface area contributed by atoms with Crippen LogP contribution in [0.2, 0.25) is 0 Å². The summed E-state index contributed by atoms with van der Waals surface area (Å²) in [6.45, 7) is 12.0. The van der Waals surface area contributed by atoms with Crippen LogP contribution in [0.25, 0.3) is 0 Å². The van der Waals surface area contributed by atoms with Crippen molar-refractivity contribution in [3.8, 4) is 0 Å². The van der Waals surface area contributed by atoms with E-state index in [-0.39, 0.29) is 5.78 Å². The second-order valence-corrected chi connectivity index (χ2v) is 4.84. The zero-order valence-electron chi connectivity index (χ0n) is 12.8. The highest BCUT2D eigenvalue weighted by atomic mass is 32.1. The van der Waals surface area contributed by atoms with Crippen molar-refractivity contribution in [2.45, 2.75) is 41.5 Å². The Morgan fingerprint density at radius 1 is 0.895 bits per heavy atom. The number of aryl methyl sites for hydroxylation is 2. The van der Waals surface area contributed by atoms with Crippen molar-refractivity contribution >= 4 is 17.1 Å². The Balaban J connectivity index is 0.000000741. The smallest absolute Gasteiger partial charge is 0.203 e. The second kappa shape index (κ2) is 9.51. The highest BCUT2D eigenvalue weighted by Gasteiger charge is 2.12. The van der Waals surface area contributed by atoms with E-state index in [4.69, 9.17) is 0 Å². The average molecular weight is 276 g/mol. The highest BCUT2D eigenvalue weighted by Crippen LogP contribution is 2.20. The largest absolute Gasteiger partial charge is 0.288 e. The molecule has 0 saturated heterocycles. The van der Waals surface area contributed by atoms with Crippen LogP contribution < -0.4 is 0 Å². The van der Waals surface area contributed by atoms with Crippen LogP contribution in [0, 0.1) is 13.8 Å². The molecule has 0 aliphatic heterocycles. The minimum atomic E-state index is 0.131. The van der Waals surface area contributed by atoms with E-state index < -0.39 is 0 Å². The van der Waals surface area contributed by atoms with Crippen LogP contribution in [0.5, 0.6) is 0 Å². The van der Waals surface area contributed by atoms with Gasteiger partial charge in [0, 0.05) is 10.4 Å². The minimum Gasteiger partial charge on any atom is -0.288 e. The SMILES string of the molecule is CC.CC.Cc1ccc(C(=O)c2ccccc2C)s1. The van der Waals surface area contributed by atoms with E-state index in [9.17, 15) is 4.79 Å². The van der Waals surface area contributed by atoms with Gasteiger partial charge < -0.3 is 0 Å². The highest BCUT2D eigenvalue weighted by molar-refractivity contribution is 7.14. The zero-order chi connectivity index (χ0) is 14.8. The molecule has 104 valence electrons. The van der Waals surface area contributed by atoms with E-state index in [1.807, 2.05) is 77.9 Å². The van der Waals surface area contributed by atoms with Gasteiger partial charge in [-0.3, -0.25) is 4.79 Å². The first-order chi connectivity index (χ1) is 9.18. The molecular weight excluding hydrogens is 252 g/mol. The van der Waals surface area contributed by atoms with Crippen LogP contribution >= 0.6 is 11.3 Å². The lowest BCUT2D eigenvalue weighted by Crippen LogP contribution is -2.00. The lowest BCUT2D eigenvalue weighted by Gasteiger charge is -2.01. The molecule has 2 rings (SSSR count). The number of hydrogen-bond donors (Lipinski definition) is 0.